The van der Waals surface area contributed by atoms with Crippen LogP contribution in [-0.4, -0.2) is 32.9 Å². The summed E-state index contributed by atoms with van der Waals surface area (Å²) in [6, 6.07) is 105. The molecule has 3 aliphatic rings. The van der Waals surface area contributed by atoms with E-state index in [1.165, 1.54) is 372 Å². The number of unbranched alkanes of at least 4 members (excludes halogenated alkanes) is 30. The van der Waals surface area contributed by atoms with Crippen LogP contribution in [0.15, 0.2) is 267 Å². The number of pyridine rings is 2. The minimum Gasteiger partial charge on any atom is -0.248 e. The second-order valence-electron chi connectivity index (χ2n) is 41.3. The minimum absolute atomic E-state index is 0.0802. The van der Waals surface area contributed by atoms with Gasteiger partial charge in [0.15, 0.2) is 0 Å². The summed E-state index contributed by atoms with van der Waals surface area (Å²) in [7, 11) is 0. The third kappa shape index (κ3) is 21.7. The molecule has 0 unspecified atom stereocenters. The van der Waals surface area contributed by atoms with Crippen LogP contribution in [0.3, 0.4) is 0 Å². The van der Waals surface area contributed by atoms with Crippen molar-refractivity contribution in [3.8, 4) is 100 Å². The van der Waals surface area contributed by atoms with Crippen molar-refractivity contribution in [2.24, 2.45) is 0 Å². The molecule has 138 heavy (non-hydrogen) atoms. The summed E-state index contributed by atoms with van der Waals surface area (Å²) in [4.78, 5) is 10.8. The minimum atomic E-state index is -0.228. The van der Waals surface area contributed by atoms with Gasteiger partial charge in [-0.1, -0.05) is 361 Å². The van der Waals surface area contributed by atoms with E-state index in [9.17, 15) is 0 Å². The van der Waals surface area contributed by atoms with E-state index in [2.05, 4.69) is 333 Å². The smallest absolute Gasteiger partial charge is 0.248 e. The average molecular weight is 1880 g/mol. The van der Waals surface area contributed by atoms with Crippen molar-refractivity contribution < 1.29 is 0 Å². The molecule has 708 valence electrons. The monoisotopic (exact) mass is 1880 g/mol. The zero-order valence-corrected chi connectivity index (χ0v) is 85.8. The molecule has 0 spiro atoms. The molecular formula is C133H150N4Se. The number of para-hydroxylation sites is 2. The molecule has 4 nitrogen and oxygen atoms in total. The average Bonchev–Trinajstić information content (AvgIpc) is 1.54. The molecule has 0 atom stereocenters. The van der Waals surface area contributed by atoms with Crippen LogP contribution < -0.4 is 0 Å². The summed E-state index contributed by atoms with van der Waals surface area (Å²) in [6.07, 6.45) is 62.0. The topological polar surface area (TPSA) is 51.6 Å². The van der Waals surface area contributed by atoms with E-state index >= 15 is 0 Å². The first-order chi connectivity index (χ1) is 68.2. The maximum atomic E-state index is 5.40. The van der Waals surface area contributed by atoms with Crippen molar-refractivity contribution >= 4 is 72.1 Å². The molecule has 5 heteroatoms. The number of rotatable bonds is 52. The van der Waals surface area contributed by atoms with Crippen molar-refractivity contribution in [2.75, 3.05) is 0 Å². The van der Waals surface area contributed by atoms with Gasteiger partial charge in [0.25, 0.3) is 0 Å². The van der Waals surface area contributed by atoms with Crippen LogP contribution in [0.1, 0.15) is 367 Å². The van der Waals surface area contributed by atoms with E-state index in [-0.39, 0.29) is 31.2 Å². The fraction of sp³-hybridized carbons (Fsp3) is 0.383. The SMILES string of the molecule is CCCCCCCCC1(CCCCCCCC)c2cc(-c3ccccc3)ccc2-c2ccc(-c3ccc4c(c3)C(CCCCCCCC)(CCCCCCCC)c3cc(-c5cc(/C=C/c6ccc7ccccc7n6)c(-c6ccc7c(c6)C(CCCCCCCC)(CCCCCCCC)c6cc(-c8ccc(-c9ccccc9)c9n[se]nc89)ccc6-7)cc5/C=C/c5ccc6ccccc6n5)ccc3-4)cc21. The van der Waals surface area contributed by atoms with Crippen LogP contribution in [-0.2, 0) is 16.2 Å². The Bertz CT molecular complexity index is 6610. The molecule has 0 aliphatic heterocycles. The molecule has 0 radical (unpaired) electrons. The zero-order chi connectivity index (χ0) is 94.3. The second kappa shape index (κ2) is 47.3. The van der Waals surface area contributed by atoms with Gasteiger partial charge in [0.2, 0.25) is 0 Å². The van der Waals surface area contributed by atoms with Gasteiger partial charge < -0.3 is 0 Å². The van der Waals surface area contributed by atoms with Gasteiger partial charge in [-0.15, -0.1) is 0 Å². The van der Waals surface area contributed by atoms with E-state index in [1.54, 1.807) is 16.7 Å². The molecule has 0 amide bonds. The number of benzene rings is 12. The molecule has 3 heterocycles. The third-order valence-electron chi connectivity index (χ3n) is 32.0. The van der Waals surface area contributed by atoms with Crippen molar-refractivity contribution in [3.63, 3.8) is 0 Å². The van der Waals surface area contributed by atoms with E-state index in [4.69, 9.17) is 17.9 Å². The molecule has 3 aromatic heterocycles. The van der Waals surface area contributed by atoms with Gasteiger partial charge in [-0.3, -0.25) is 0 Å². The van der Waals surface area contributed by atoms with Crippen molar-refractivity contribution in [1.29, 1.82) is 0 Å². The van der Waals surface area contributed by atoms with Gasteiger partial charge in [0.05, 0.1) is 22.4 Å². The Morgan fingerprint density at radius 1 is 0.203 bits per heavy atom. The first-order valence-electron chi connectivity index (χ1n) is 54.7. The number of hydrogen-bond donors (Lipinski definition) is 0. The first kappa shape index (κ1) is 97.3. The third-order valence-corrected chi connectivity index (χ3v) is 33.1. The Kier molecular flexibility index (Phi) is 33.4. The predicted molar refractivity (Wildman–Crippen MR) is 597 cm³/mol. The summed E-state index contributed by atoms with van der Waals surface area (Å²) in [5.41, 5.74) is 40.6. The predicted octanol–water partition coefficient (Wildman–Crippen LogP) is 39.4. The van der Waals surface area contributed by atoms with Crippen LogP contribution in [0.4, 0.5) is 0 Å². The molecule has 0 saturated heterocycles. The second-order valence-corrected chi connectivity index (χ2v) is 42.4. The molecule has 0 N–H and O–H groups in total. The van der Waals surface area contributed by atoms with Gasteiger partial charge >= 0.3 is 250 Å². The van der Waals surface area contributed by atoms with Gasteiger partial charge in [0, 0.05) is 21.6 Å². The van der Waals surface area contributed by atoms with Crippen LogP contribution >= 0.6 is 0 Å². The summed E-state index contributed by atoms with van der Waals surface area (Å²) < 4.78 is 10.5. The fourth-order valence-electron chi connectivity index (χ4n) is 24.4. The quantitative estimate of drug-likeness (QED) is 0.0282. The van der Waals surface area contributed by atoms with Crippen LogP contribution in [0.25, 0.3) is 157 Å². The summed E-state index contributed by atoms with van der Waals surface area (Å²) in [5.74, 6) is 0. The summed E-state index contributed by atoms with van der Waals surface area (Å²) >= 11 is -0.208. The van der Waals surface area contributed by atoms with E-state index < -0.39 is 0 Å². The van der Waals surface area contributed by atoms with E-state index in [0.29, 0.717) is 0 Å². The molecule has 0 saturated carbocycles. The van der Waals surface area contributed by atoms with Crippen LogP contribution in [0, 0.1) is 0 Å². The van der Waals surface area contributed by atoms with Crippen LogP contribution in [0.5, 0.6) is 0 Å². The van der Waals surface area contributed by atoms with E-state index in [1.807, 2.05) is 0 Å². The van der Waals surface area contributed by atoms with Gasteiger partial charge in [0.1, 0.15) is 0 Å². The molecule has 3 aliphatic carbocycles. The van der Waals surface area contributed by atoms with Gasteiger partial charge in [-0.05, 0) is 176 Å². The molecule has 15 aromatic rings. The van der Waals surface area contributed by atoms with Gasteiger partial charge in [-0.25, -0.2) is 9.97 Å². The molecule has 0 bridgehead atoms. The standard InChI is InChI=1S/C133H150N4Se/c1-7-13-19-25-31-47-83-131(84-48-32-26-20-14-8-2)121-91-101(97-53-39-37-40-54-97)65-75-113(121)114-76-66-102(92-122(114)131)103-67-77-115-117-79-69-107(95-125(117)132(123(115)93-103,85-49-33-27-21-15-9-3)86-50-34-28-22-16-10-4)119-89-105(64-74-110-72-62-100-58-44-46-60-128(100)135-110)120(90-104(119)63-73-109-71-61-99-57-43-45-59-127(99)134-109)108-70-80-118-116-78-68-106(112-82-81-111(98-55-41-38-42-56-98)129-130(112)137-138-136-129)94-124(116)133(126(118)96-108,87-51-35-29-23-17-11-5)88-52-36-30-24-18-12-6/h37-46,53-82,89-96H,7-36,47-52,83-88H2,1-6H3/b73-63+,74-64+. The molecule has 18 rings (SSSR count). The maximum absolute atomic E-state index is 5.40. The molecule has 0 fully saturated rings. The number of hydrogen-bond acceptors (Lipinski definition) is 4. The van der Waals surface area contributed by atoms with Gasteiger partial charge in [-0.2, -0.15) is 0 Å². The molecular weight excluding hydrogens is 1730 g/mol. The Morgan fingerprint density at radius 2 is 0.457 bits per heavy atom. The van der Waals surface area contributed by atoms with E-state index in [0.717, 1.165) is 69.9 Å². The Morgan fingerprint density at radius 3 is 0.783 bits per heavy atom. The van der Waals surface area contributed by atoms with Crippen LogP contribution in [0.2, 0.25) is 0 Å². The Labute approximate surface area is 834 Å². The summed E-state index contributed by atoms with van der Waals surface area (Å²) in [5, 5.41) is 2.29. The van der Waals surface area contributed by atoms with Crippen molar-refractivity contribution in [3.05, 3.63) is 323 Å². The summed E-state index contributed by atoms with van der Waals surface area (Å²) in [6.45, 7) is 14.2. The number of aromatic nitrogens is 4. The Balaban J connectivity index is 0.813. The number of fused-ring (bicyclic) bond motifs is 12. The first-order valence-corrected chi connectivity index (χ1v) is 56.2. The van der Waals surface area contributed by atoms with Crippen molar-refractivity contribution in [1.82, 2.24) is 17.9 Å². The molecule has 12 aromatic carbocycles. The normalized spacial score (nSPS) is 13.6. The Hall–Kier alpha value is -10.9. The fourth-order valence-corrected chi connectivity index (χ4v) is 25.7. The zero-order valence-electron chi connectivity index (χ0n) is 84.1. The number of nitrogens with zero attached hydrogens (tertiary/aromatic N) is 4. The van der Waals surface area contributed by atoms with Crippen molar-refractivity contribution in [2.45, 2.75) is 327 Å².